The van der Waals surface area contributed by atoms with Crippen LogP contribution in [0.1, 0.15) is 12.0 Å². The maximum Gasteiger partial charge on any atom is 0.408 e. The predicted molar refractivity (Wildman–Crippen MR) is 94.7 cm³/mol. The van der Waals surface area contributed by atoms with E-state index in [1.54, 1.807) is 4.90 Å². The second-order valence-corrected chi connectivity index (χ2v) is 6.43. The number of amides is 2. The summed E-state index contributed by atoms with van der Waals surface area (Å²) < 4.78 is 6.08. The Balaban J connectivity index is 1.54. The molecule has 0 aromatic heterocycles. The van der Waals surface area contributed by atoms with E-state index in [2.05, 4.69) is 21.2 Å². The minimum atomic E-state index is -0.576. The van der Waals surface area contributed by atoms with Crippen LogP contribution >= 0.6 is 15.9 Å². The first-order valence-corrected chi connectivity index (χ1v) is 8.47. The van der Waals surface area contributed by atoms with Crippen molar-refractivity contribution in [2.75, 3.05) is 11.4 Å². The zero-order chi connectivity index (χ0) is 16.9. The summed E-state index contributed by atoms with van der Waals surface area (Å²) in [5.74, 6) is -0.121. The topological polar surface area (TPSA) is 58.6 Å². The molecule has 1 fully saturated rings. The molecule has 3 rings (SSSR count). The minimum absolute atomic E-state index is 0.121. The Bertz CT molecular complexity index is 736. The van der Waals surface area contributed by atoms with E-state index in [0.29, 0.717) is 13.0 Å². The van der Waals surface area contributed by atoms with E-state index in [0.717, 1.165) is 15.7 Å². The van der Waals surface area contributed by atoms with Crippen LogP contribution in [-0.2, 0) is 16.1 Å². The molecule has 2 amide bonds. The number of ether oxygens (including phenoxy) is 1. The van der Waals surface area contributed by atoms with Crippen molar-refractivity contribution < 1.29 is 14.3 Å². The minimum Gasteiger partial charge on any atom is -0.445 e. The summed E-state index contributed by atoms with van der Waals surface area (Å²) >= 11 is 3.40. The van der Waals surface area contributed by atoms with E-state index in [-0.39, 0.29) is 12.5 Å². The van der Waals surface area contributed by atoms with Crippen LogP contribution < -0.4 is 10.2 Å². The molecule has 2 aromatic rings. The molecule has 1 aliphatic heterocycles. The van der Waals surface area contributed by atoms with Gasteiger partial charge in [-0.2, -0.15) is 0 Å². The van der Waals surface area contributed by atoms with E-state index in [4.69, 9.17) is 4.74 Å². The van der Waals surface area contributed by atoms with Gasteiger partial charge in [-0.05, 0) is 30.2 Å². The van der Waals surface area contributed by atoms with Crippen LogP contribution in [0.3, 0.4) is 0 Å². The van der Waals surface area contributed by atoms with Crippen molar-refractivity contribution in [1.29, 1.82) is 0 Å². The molecule has 5 nitrogen and oxygen atoms in total. The molecule has 1 aliphatic rings. The predicted octanol–water partition coefficient (Wildman–Crippen LogP) is 3.48. The molecule has 0 spiro atoms. The quantitative estimate of drug-likeness (QED) is 0.871. The standard InChI is InChI=1S/C18H17BrN2O3/c19-14-7-4-8-15(11-14)21-10-9-16(17(21)22)20-18(23)24-12-13-5-2-1-3-6-13/h1-8,11,16H,9-10,12H2,(H,20,23). The monoisotopic (exact) mass is 388 g/mol. The lowest BCUT2D eigenvalue weighted by atomic mass is 10.2. The lowest BCUT2D eigenvalue weighted by molar-refractivity contribution is -0.118. The highest BCUT2D eigenvalue weighted by atomic mass is 79.9. The van der Waals surface area contributed by atoms with Crippen molar-refractivity contribution in [2.24, 2.45) is 0 Å². The van der Waals surface area contributed by atoms with E-state index in [9.17, 15) is 9.59 Å². The zero-order valence-electron chi connectivity index (χ0n) is 12.9. The largest absolute Gasteiger partial charge is 0.445 e. The van der Waals surface area contributed by atoms with Gasteiger partial charge < -0.3 is 15.0 Å². The van der Waals surface area contributed by atoms with Gasteiger partial charge in [0.15, 0.2) is 0 Å². The number of anilines is 1. The Morgan fingerprint density at radius 2 is 2.00 bits per heavy atom. The molecule has 0 bridgehead atoms. The molecule has 0 saturated carbocycles. The molecule has 6 heteroatoms. The molecule has 1 saturated heterocycles. The third-order valence-electron chi connectivity index (χ3n) is 3.83. The molecule has 1 atom stereocenters. The highest BCUT2D eigenvalue weighted by molar-refractivity contribution is 9.10. The highest BCUT2D eigenvalue weighted by Crippen LogP contribution is 2.24. The SMILES string of the molecule is O=C(NC1CCN(c2cccc(Br)c2)C1=O)OCc1ccccc1. The first-order chi connectivity index (χ1) is 11.6. The lowest BCUT2D eigenvalue weighted by Gasteiger charge is -2.17. The first kappa shape index (κ1) is 16.5. The van der Waals surface area contributed by atoms with Gasteiger partial charge in [-0.25, -0.2) is 4.79 Å². The van der Waals surface area contributed by atoms with Gasteiger partial charge in [0.05, 0.1) is 0 Å². The van der Waals surface area contributed by atoms with Crippen molar-refractivity contribution in [1.82, 2.24) is 5.32 Å². The van der Waals surface area contributed by atoms with E-state index in [1.807, 2.05) is 54.6 Å². The second kappa shape index (κ2) is 7.49. The molecule has 124 valence electrons. The molecule has 24 heavy (non-hydrogen) atoms. The fourth-order valence-electron chi connectivity index (χ4n) is 2.62. The van der Waals surface area contributed by atoms with Crippen molar-refractivity contribution in [3.63, 3.8) is 0 Å². The molecule has 1 unspecified atom stereocenters. The van der Waals surface area contributed by atoms with Gasteiger partial charge in [0.2, 0.25) is 5.91 Å². The number of hydrogen-bond acceptors (Lipinski definition) is 3. The third kappa shape index (κ3) is 3.94. The Kier molecular flexibility index (Phi) is 5.15. The zero-order valence-corrected chi connectivity index (χ0v) is 14.5. The number of nitrogens with one attached hydrogen (secondary N) is 1. The number of carbonyl (C=O) groups is 2. The average molecular weight is 389 g/mol. The second-order valence-electron chi connectivity index (χ2n) is 5.52. The number of nitrogens with zero attached hydrogens (tertiary/aromatic N) is 1. The summed E-state index contributed by atoms with van der Waals surface area (Å²) in [6.07, 6.45) is -0.0144. The summed E-state index contributed by atoms with van der Waals surface area (Å²) in [7, 11) is 0. The highest BCUT2D eigenvalue weighted by Gasteiger charge is 2.34. The summed E-state index contributed by atoms with van der Waals surface area (Å²) in [5.41, 5.74) is 1.72. The maximum absolute atomic E-state index is 12.5. The van der Waals surface area contributed by atoms with Crippen molar-refractivity contribution in [3.8, 4) is 0 Å². The summed E-state index contributed by atoms with van der Waals surface area (Å²) in [6.45, 7) is 0.752. The number of hydrogen-bond donors (Lipinski definition) is 1. The van der Waals surface area contributed by atoms with Crippen LogP contribution in [0.2, 0.25) is 0 Å². The molecular weight excluding hydrogens is 372 g/mol. The van der Waals surface area contributed by atoms with Crippen molar-refractivity contribution in [3.05, 3.63) is 64.6 Å². The van der Waals surface area contributed by atoms with Crippen LogP contribution in [0.25, 0.3) is 0 Å². The van der Waals surface area contributed by atoms with Crippen LogP contribution in [0, 0.1) is 0 Å². The van der Waals surface area contributed by atoms with Gasteiger partial charge in [0, 0.05) is 16.7 Å². The lowest BCUT2D eigenvalue weighted by Crippen LogP contribution is -2.41. The van der Waals surface area contributed by atoms with E-state index >= 15 is 0 Å². The number of alkyl carbamates (subject to hydrolysis) is 1. The fraction of sp³-hybridized carbons (Fsp3) is 0.222. The van der Waals surface area contributed by atoms with Gasteiger partial charge in [-0.1, -0.05) is 52.3 Å². The molecule has 0 aliphatic carbocycles. The Morgan fingerprint density at radius 1 is 1.21 bits per heavy atom. The first-order valence-electron chi connectivity index (χ1n) is 7.67. The number of rotatable bonds is 4. The van der Waals surface area contributed by atoms with Crippen LogP contribution in [0.5, 0.6) is 0 Å². The number of halogens is 1. The van der Waals surface area contributed by atoms with E-state index < -0.39 is 12.1 Å². The van der Waals surface area contributed by atoms with Gasteiger partial charge in [0.25, 0.3) is 0 Å². The van der Waals surface area contributed by atoms with Crippen LogP contribution in [0.4, 0.5) is 10.5 Å². The van der Waals surface area contributed by atoms with Gasteiger partial charge in [0.1, 0.15) is 12.6 Å². The van der Waals surface area contributed by atoms with Gasteiger partial charge in [-0.3, -0.25) is 4.79 Å². The summed E-state index contributed by atoms with van der Waals surface area (Å²) in [5, 5.41) is 2.65. The van der Waals surface area contributed by atoms with E-state index in [1.165, 1.54) is 0 Å². The smallest absolute Gasteiger partial charge is 0.408 e. The Labute approximate surface area is 148 Å². The van der Waals surface area contributed by atoms with Crippen LogP contribution in [-0.4, -0.2) is 24.6 Å². The normalized spacial score (nSPS) is 17.0. The molecule has 1 N–H and O–H groups in total. The Morgan fingerprint density at radius 3 is 2.75 bits per heavy atom. The molecule has 2 aromatic carbocycles. The third-order valence-corrected chi connectivity index (χ3v) is 4.32. The Hall–Kier alpha value is -2.34. The fourth-order valence-corrected chi connectivity index (χ4v) is 3.01. The van der Waals surface area contributed by atoms with Crippen molar-refractivity contribution in [2.45, 2.75) is 19.1 Å². The maximum atomic E-state index is 12.5. The number of benzene rings is 2. The van der Waals surface area contributed by atoms with Crippen LogP contribution in [0.15, 0.2) is 59.1 Å². The summed E-state index contributed by atoms with van der Waals surface area (Å²) in [6, 6.07) is 16.4. The molecule has 1 heterocycles. The summed E-state index contributed by atoms with van der Waals surface area (Å²) in [4.78, 5) is 26.0. The van der Waals surface area contributed by atoms with Gasteiger partial charge >= 0.3 is 6.09 Å². The number of carbonyl (C=O) groups excluding carboxylic acids is 2. The molecular formula is C18H17BrN2O3. The van der Waals surface area contributed by atoms with Crippen molar-refractivity contribution >= 4 is 33.6 Å². The van der Waals surface area contributed by atoms with Gasteiger partial charge in [-0.15, -0.1) is 0 Å². The molecule has 0 radical (unpaired) electrons. The average Bonchev–Trinajstić information content (AvgIpc) is 2.95.